The summed E-state index contributed by atoms with van der Waals surface area (Å²) < 4.78 is 2.37. The molecule has 2 unspecified atom stereocenters. The van der Waals surface area contributed by atoms with Gasteiger partial charge in [0.15, 0.2) is 0 Å². The van der Waals surface area contributed by atoms with E-state index in [1.165, 1.54) is 31.5 Å². The van der Waals surface area contributed by atoms with Gasteiger partial charge >= 0.3 is 0 Å². The number of nitrogens with one attached hydrogen (secondary N) is 1. The number of aromatic nitrogens is 3. The summed E-state index contributed by atoms with van der Waals surface area (Å²) in [5, 5.41) is 12.4. The summed E-state index contributed by atoms with van der Waals surface area (Å²) in [6.07, 6.45) is 6.05. The first-order valence-electron chi connectivity index (χ1n) is 7.48. The fourth-order valence-corrected chi connectivity index (χ4v) is 2.85. The minimum absolute atomic E-state index is 0.392. The Bertz CT molecular complexity index is 372. The van der Waals surface area contributed by atoms with Crippen molar-refractivity contribution in [3.8, 4) is 0 Å². The van der Waals surface area contributed by atoms with E-state index in [4.69, 9.17) is 0 Å². The van der Waals surface area contributed by atoms with Crippen LogP contribution in [0.15, 0.2) is 0 Å². The van der Waals surface area contributed by atoms with E-state index >= 15 is 0 Å². The lowest BCUT2D eigenvalue weighted by Gasteiger charge is -2.25. The Morgan fingerprint density at radius 2 is 2.17 bits per heavy atom. The molecule has 1 aliphatic heterocycles. The van der Waals surface area contributed by atoms with E-state index in [1.54, 1.807) is 0 Å². The molecular weight excluding hydrogens is 224 g/mol. The summed E-state index contributed by atoms with van der Waals surface area (Å²) in [6, 6.07) is 0.392. The van der Waals surface area contributed by atoms with Gasteiger partial charge in [-0.25, -0.2) is 0 Å². The first-order chi connectivity index (χ1) is 8.81. The molecule has 2 heterocycles. The molecule has 0 saturated heterocycles. The topological polar surface area (TPSA) is 42.7 Å². The Morgan fingerprint density at radius 3 is 2.83 bits per heavy atom. The predicted molar refractivity (Wildman–Crippen MR) is 73.6 cm³/mol. The number of nitrogens with zero attached hydrogens (tertiary/aromatic N) is 3. The molecule has 4 nitrogen and oxygen atoms in total. The second-order valence-corrected chi connectivity index (χ2v) is 5.23. The van der Waals surface area contributed by atoms with Crippen LogP contribution in [0, 0.1) is 0 Å². The van der Waals surface area contributed by atoms with Gasteiger partial charge in [0.25, 0.3) is 0 Å². The zero-order valence-electron chi connectivity index (χ0n) is 11.9. The summed E-state index contributed by atoms with van der Waals surface area (Å²) in [4.78, 5) is 0. The van der Waals surface area contributed by atoms with Crippen LogP contribution in [0.25, 0.3) is 0 Å². The SMILES string of the molecule is CCCCC(CC)c1nnc2n1CCNC2CC. The first kappa shape index (κ1) is 13.5. The molecule has 2 rings (SSSR count). The highest BCUT2D eigenvalue weighted by Crippen LogP contribution is 2.28. The van der Waals surface area contributed by atoms with E-state index in [0.717, 1.165) is 25.3 Å². The standard InChI is InChI=1S/C14H26N4/c1-4-7-8-11(5-2)13-16-17-14-12(6-3)15-9-10-18(13)14/h11-12,15H,4-10H2,1-3H3. The largest absolute Gasteiger partial charge is 0.312 e. The van der Waals surface area contributed by atoms with Gasteiger partial charge in [0, 0.05) is 19.0 Å². The number of unbranched alkanes of at least 4 members (excludes halogenated alkanes) is 1. The molecule has 0 spiro atoms. The Labute approximate surface area is 110 Å². The lowest BCUT2D eigenvalue weighted by atomic mass is 9.98. The van der Waals surface area contributed by atoms with Crippen LogP contribution < -0.4 is 5.32 Å². The third-order valence-corrected chi connectivity index (χ3v) is 4.02. The van der Waals surface area contributed by atoms with Gasteiger partial charge in [-0.1, -0.05) is 33.6 Å². The highest BCUT2D eigenvalue weighted by atomic mass is 15.3. The number of rotatable bonds is 6. The molecule has 1 N–H and O–H groups in total. The summed E-state index contributed by atoms with van der Waals surface area (Å²) in [6.45, 7) is 8.79. The molecule has 0 aromatic carbocycles. The lowest BCUT2D eigenvalue weighted by Crippen LogP contribution is -2.34. The first-order valence-corrected chi connectivity index (χ1v) is 7.48. The van der Waals surface area contributed by atoms with Crippen molar-refractivity contribution >= 4 is 0 Å². The highest BCUT2D eigenvalue weighted by molar-refractivity contribution is 5.08. The van der Waals surface area contributed by atoms with Crippen LogP contribution in [-0.2, 0) is 6.54 Å². The molecule has 18 heavy (non-hydrogen) atoms. The minimum atomic E-state index is 0.392. The van der Waals surface area contributed by atoms with Crippen molar-refractivity contribution < 1.29 is 0 Å². The average molecular weight is 250 g/mol. The minimum Gasteiger partial charge on any atom is -0.312 e. The van der Waals surface area contributed by atoms with Crippen molar-refractivity contribution in [1.29, 1.82) is 0 Å². The van der Waals surface area contributed by atoms with E-state index in [2.05, 4.69) is 40.9 Å². The molecule has 0 saturated carbocycles. The fraction of sp³-hybridized carbons (Fsp3) is 0.857. The van der Waals surface area contributed by atoms with Crippen LogP contribution in [0.1, 0.15) is 76.5 Å². The highest BCUT2D eigenvalue weighted by Gasteiger charge is 2.26. The zero-order chi connectivity index (χ0) is 13.0. The molecule has 0 fully saturated rings. The average Bonchev–Trinajstić information content (AvgIpc) is 2.84. The van der Waals surface area contributed by atoms with Crippen molar-refractivity contribution in [2.45, 2.75) is 71.4 Å². The van der Waals surface area contributed by atoms with Crippen molar-refractivity contribution in [3.05, 3.63) is 11.6 Å². The molecule has 0 radical (unpaired) electrons. The summed E-state index contributed by atoms with van der Waals surface area (Å²) in [5.74, 6) is 2.96. The normalized spacial score (nSPS) is 20.7. The predicted octanol–water partition coefficient (Wildman–Crippen LogP) is 3.02. The van der Waals surface area contributed by atoms with Crippen LogP contribution in [0.3, 0.4) is 0 Å². The van der Waals surface area contributed by atoms with Crippen molar-refractivity contribution in [1.82, 2.24) is 20.1 Å². The maximum Gasteiger partial charge on any atom is 0.150 e. The molecule has 102 valence electrons. The van der Waals surface area contributed by atoms with Gasteiger partial charge in [0.05, 0.1) is 6.04 Å². The third kappa shape index (κ3) is 2.58. The monoisotopic (exact) mass is 250 g/mol. The number of hydrogen-bond donors (Lipinski definition) is 1. The second-order valence-electron chi connectivity index (χ2n) is 5.23. The van der Waals surface area contributed by atoms with Crippen molar-refractivity contribution in [3.63, 3.8) is 0 Å². The maximum atomic E-state index is 4.49. The summed E-state index contributed by atoms with van der Waals surface area (Å²) in [7, 11) is 0. The van der Waals surface area contributed by atoms with Gasteiger partial charge < -0.3 is 9.88 Å². The van der Waals surface area contributed by atoms with Gasteiger partial charge in [-0.2, -0.15) is 0 Å². The molecule has 0 aliphatic carbocycles. The third-order valence-electron chi connectivity index (χ3n) is 4.02. The van der Waals surface area contributed by atoms with Crippen LogP contribution in [-0.4, -0.2) is 21.3 Å². The molecule has 4 heteroatoms. The number of fused-ring (bicyclic) bond motifs is 1. The van der Waals surface area contributed by atoms with Crippen molar-refractivity contribution in [2.75, 3.05) is 6.54 Å². The summed E-state index contributed by atoms with van der Waals surface area (Å²) >= 11 is 0. The van der Waals surface area contributed by atoms with Gasteiger partial charge in [0.1, 0.15) is 11.6 Å². The molecule has 1 aromatic rings. The van der Waals surface area contributed by atoms with Gasteiger partial charge in [-0.3, -0.25) is 0 Å². The van der Waals surface area contributed by atoms with Crippen LogP contribution in [0.4, 0.5) is 0 Å². The molecule has 1 aromatic heterocycles. The quantitative estimate of drug-likeness (QED) is 0.844. The lowest BCUT2D eigenvalue weighted by molar-refractivity contribution is 0.390. The Hall–Kier alpha value is -0.900. The molecular formula is C14H26N4. The van der Waals surface area contributed by atoms with Gasteiger partial charge in [-0.15, -0.1) is 10.2 Å². The van der Waals surface area contributed by atoms with Crippen LogP contribution >= 0.6 is 0 Å². The van der Waals surface area contributed by atoms with Crippen LogP contribution in [0.5, 0.6) is 0 Å². The Kier molecular flexibility index (Phi) is 4.75. The second kappa shape index (κ2) is 6.32. The molecule has 0 bridgehead atoms. The fourth-order valence-electron chi connectivity index (χ4n) is 2.85. The Balaban J connectivity index is 2.20. The van der Waals surface area contributed by atoms with Gasteiger partial charge in [0.2, 0.25) is 0 Å². The van der Waals surface area contributed by atoms with E-state index in [9.17, 15) is 0 Å². The van der Waals surface area contributed by atoms with E-state index < -0.39 is 0 Å². The molecule has 1 aliphatic rings. The van der Waals surface area contributed by atoms with E-state index in [0.29, 0.717) is 12.0 Å². The van der Waals surface area contributed by atoms with Crippen LogP contribution in [0.2, 0.25) is 0 Å². The summed E-state index contributed by atoms with van der Waals surface area (Å²) in [5.41, 5.74) is 0. The van der Waals surface area contributed by atoms with E-state index in [1.807, 2.05) is 0 Å². The zero-order valence-corrected chi connectivity index (χ0v) is 11.9. The molecule has 2 atom stereocenters. The Morgan fingerprint density at radius 1 is 1.33 bits per heavy atom. The maximum absolute atomic E-state index is 4.49. The van der Waals surface area contributed by atoms with Crippen molar-refractivity contribution in [2.24, 2.45) is 0 Å². The van der Waals surface area contributed by atoms with E-state index in [-0.39, 0.29) is 0 Å². The number of hydrogen-bond acceptors (Lipinski definition) is 3. The van der Waals surface area contributed by atoms with Gasteiger partial charge in [-0.05, 0) is 19.3 Å². The molecule has 0 amide bonds. The smallest absolute Gasteiger partial charge is 0.150 e.